The fourth-order valence-electron chi connectivity index (χ4n) is 2.68. The van der Waals surface area contributed by atoms with E-state index in [0.29, 0.717) is 18.1 Å². The molecule has 21 heavy (non-hydrogen) atoms. The molecule has 1 aromatic heterocycles. The van der Waals surface area contributed by atoms with Gasteiger partial charge in [-0.1, -0.05) is 13.8 Å². The van der Waals surface area contributed by atoms with Crippen molar-refractivity contribution in [1.82, 2.24) is 15.5 Å². The lowest BCUT2D eigenvalue weighted by molar-refractivity contribution is -0.0918. The maximum atomic E-state index is 12.2. The third-order valence-electron chi connectivity index (χ3n) is 4.16. The second-order valence-electron chi connectivity index (χ2n) is 5.35. The molecule has 1 saturated heterocycles. The Balaban J connectivity index is 1.98. The van der Waals surface area contributed by atoms with Gasteiger partial charge in [0.2, 0.25) is 0 Å². The zero-order valence-electron chi connectivity index (χ0n) is 12.6. The molecule has 0 radical (unpaired) electrons. The van der Waals surface area contributed by atoms with Crippen LogP contribution in [0.2, 0.25) is 0 Å². The molecular formula is C14H23N5O2. The summed E-state index contributed by atoms with van der Waals surface area (Å²) in [6, 6.07) is 3.33. The molecule has 0 saturated carbocycles. The van der Waals surface area contributed by atoms with Gasteiger partial charge in [-0.15, -0.1) is 10.2 Å². The molecule has 7 heteroatoms. The van der Waals surface area contributed by atoms with E-state index in [4.69, 9.17) is 10.6 Å². The molecular weight excluding hydrogens is 270 g/mol. The number of nitrogens with two attached hydrogens (primary N) is 1. The van der Waals surface area contributed by atoms with Gasteiger partial charge in [0.05, 0.1) is 5.60 Å². The summed E-state index contributed by atoms with van der Waals surface area (Å²) in [5, 5.41) is 10.7. The number of carbonyl (C=O) groups is 1. The summed E-state index contributed by atoms with van der Waals surface area (Å²) in [5.41, 5.74) is 2.55. The SMILES string of the molecule is CCC1(CC)CC(NC(=O)c2ccc(NN)nn2)CCO1. The second kappa shape index (κ2) is 6.82. The lowest BCUT2D eigenvalue weighted by atomic mass is 9.86. The predicted molar refractivity (Wildman–Crippen MR) is 79.6 cm³/mol. The standard InChI is InChI=1S/C14H23N5O2/c1-3-14(4-2)9-10(7-8-21-14)16-13(20)11-5-6-12(17-15)19-18-11/h5-6,10H,3-4,7-9,15H2,1-2H3,(H,16,20)(H,17,19). The molecule has 2 heterocycles. The van der Waals surface area contributed by atoms with Crippen molar-refractivity contribution in [2.24, 2.45) is 5.84 Å². The molecule has 1 amide bonds. The summed E-state index contributed by atoms with van der Waals surface area (Å²) in [7, 11) is 0. The Bertz CT molecular complexity index is 473. The van der Waals surface area contributed by atoms with Crippen LogP contribution in [-0.2, 0) is 4.74 Å². The molecule has 1 unspecified atom stereocenters. The third-order valence-corrected chi connectivity index (χ3v) is 4.16. The van der Waals surface area contributed by atoms with Crippen molar-refractivity contribution in [3.63, 3.8) is 0 Å². The molecule has 116 valence electrons. The largest absolute Gasteiger partial charge is 0.375 e. The number of nitrogens with one attached hydrogen (secondary N) is 2. The summed E-state index contributed by atoms with van der Waals surface area (Å²) in [6.45, 7) is 4.92. The van der Waals surface area contributed by atoms with Crippen molar-refractivity contribution in [2.45, 2.75) is 51.2 Å². The van der Waals surface area contributed by atoms with E-state index in [2.05, 4.69) is 34.8 Å². The second-order valence-corrected chi connectivity index (χ2v) is 5.35. The molecule has 0 aliphatic carbocycles. The van der Waals surface area contributed by atoms with Crippen LogP contribution >= 0.6 is 0 Å². The van der Waals surface area contributed by atoms with E-state index in [9.17, 15) is 4.79 Å². The van der Waals surface area contributed by atoms with Crippen molar-refractivity contribution < 1.29 is 9.53 Å². The first-order valence-electron chi connectivity index (χ1n) is 7.37. The van der Waals surface area contributed by atoms with Gasteiger partial charge in [-0.3, -0.25) is 4.79 Å². The molecule has 2 rings (SSSR count). The van der Waals surface area contributed by atoms with Gasteiger partial charge >= 0.3 is 0 Å². The normalized spacial score (nSPS) is 20.8. The van der Waals surface area contributed by atoms with Crippen molar-refractivity contribution in [3.8, 4) is 0 Å². The first kappa shape index (κ1) is 15.7. The van der Waals surface area contributed by atoms with Gasteiger partial charge in [-0.05, 0) is 37.8 Å². The highest BCUT2D eigenvalue weighted by Crippen LogP contribution is 2.31. The van der Waals surface area contributed by atoms with Crippen LogP contribution in [0, 0.1) is 0 Å². The van der Waals surface area contributed by atoms with Crippen molar-refractivity contribution in [1.29, 1.82) is 0 Å². The van der Waals surface area contributed by atoms with Gasteiger partial charge in [0.25, 0.3) is 5.91 Å². The number of nitrogens with zero attached hydrogens (tertiary/aromatic N) is 2. The van der Waals surface area contributed by atoms with Crippen molar-refractivity contribution in [3.05, 3.63) is 17.8 Å². The zero-order valence-corrected chi connectivity index (χ0v) is 12.6. The molecule has 1 atom stereocenters. The predicted octanol–water partition coefficient (Wildman–Crippen LogP) is 1.23. The summed E-state index contributed by atoms with van der Waals surface area (Å²) >= 11 is 0. The first-order chi connectivity index (χ1) is 10.1. The summed E-state index contributed by atoms with van der Waals surface area (Å²) < 4.78 is 5.91. The molecule has 0 bridgehead atoms. The first-order valence-corrected chi connectivity index (χ1v) is 7.37. The Labute approximate surface area is 124 Å². The average molecular weight is 293 g/mol. The number of rotatable bonds is 5. The number of amides is 1. The molecule has 0 spiro atoms. The number of anilines is 1. The maximum Gasteiger partial charge on any atom is 0.272 e. The molecule has 1 fully saturated rings. The van der Waals surface area contributed by atoms with E-state index in [1.54, 1.807) is 12.1 Å². The minimum atomic E-state index is -0.209. The van der Waals surface area contributed by atoms with E-state index in [0.717, 1.165) is 25.7 Å². The molecule has 7 nitrogen and oxygen atoms in total. The van der Waals surface area contributed by atoms with Crippen molar-refractivity contribution >= 4 is 11.7 Å². The zero-order chi connectivity index (χ0) is 15.3. The van der Waals surface area contributed by atoms with Gasteiger partial charge in [0.15, 0.2) is 11.5 Å². The lowest BCUT2D eigenvalue weighted by Gasteiger charge is -2.40. The van der Waals surface area contributed by atoms with Crippen LogP contribution < -0.4 is 16.6 Å². The number of hydrazine groups is 1. The van der Waals surface area contributed by atoms with Crippen LogP contribution in [0.25, 0.3) is 0 Å². The highest BCUT2D eigenvalue weighted by Gasteiger charge is 2.35. The van der Waals surface area contributed by atoms with Crippen molar-refractivity contribution in [2.75, 3.05) is 12.0 Å². The summed E-state index contributed by atoms with van der Waals surface area (Å²) in [4.78, 5) is 12.2. The Morgan fingerprint density at radius 3 is 2.76 bits per heavy atom. The van der Waals surface area contributed by atoms with Crippen LogP contribution in [-0.4, -0.2) is 34.4 Å². The number of ether oxygens (including phenoxy) is 1. The number of carbonyl (C=O) groups excluding carboxylic acids is 1. The molecule has 0 aromatic carbocycles. The van der Waals surface area contributed by atoms with E-state index in [1.807, 2.05) is 0 Å². The molecule has 1 aromatic rings. The smallest absolute Gasteiger partial charge is 0.272 e. The number of hydrogen-bond donors (Lipinski definition) is 3. The lowest BCUT2D eigenvalue weighted by Crippen LogP contribution is -2.48. The van der Waals surface area contributed by atoms with E-state index in [1.165, 1.54) is 0 Å². The minimum absolute atomic E-state index is 0.111. The third kappa shape index (κ3) is 3.68. The van der Waals surface area contributed by atoms with Gasteiger partial charge in [-0.25, -0.2) is 5.84 Å². The van der Waals surface area contributed by atoms with E-state index >= 15 is 0 Å². The monoisotopic (exact) mass is 293 g/mol. The Morgan fingerprint density at radius 1 is 1.43 bits per heavy atom. The van der Waals surface area contributed by atoms with Gasteiger partial charge in [0.1, 0.15) is 0 Å². The van der Waals surface area contributed by atoms with Gasteiger partial charge in [0, 0.05) is 12.6 Å². The molecule has 4 N–H and O–H groups in total. The van der Waals surface area contributed by atoms with Crippen LogP contribution in [0.5, 0.6) is 0 Å². The van der Waals surface area contributed by atoms with Crippen LogP contribution in [0.4, 0.5) is 5.82 Å². The Morgan fingerprint density at radius 2 is 2.19 bits per heavy atom. The quantitative estimate of drug-likeness (QED) is 0.557. The topological polar surface area (TPSA) is 102 Å². The van der Waals surface area contributed by atoms with Crippen LogP contribution in [0.3, 0.4) is 0 Å². The van der Waals surface area contributed by atoms with E-state index < -0.39 is 0 Å². The Hall–Kier alpha value is -1.73. The number of aromatic nitrogens is 2. The average Bonchev–Trinajstić information content (AvgIpc) is 2.55. The maximum absolute atomic E-state index is 12.2. The highest BCUT2D eigenvalue weighted by molar-refractivity contribution is 5.92. The fourth-order valence-corrected chi connectivity index (χ4v) is 2.68. The summed E-state index contributed by atoms with van der Waals surface area (Å²) in [6.07, 6.45) is 3.56. The fraction of sp³-hybridized carbons (Fsp3) is 0.643. The summed E-state index contributed by atoms with van der Waals surface area (Å²) in [5.74, 6) is 5.43. The molecule has 1 aliphatic heterocycles. The molecule has 1 aliphatic rings. The van der Waals surface area contributed by atoms with E-state index in [-0.39, 0.29) is 17.6 Å². The van der Waals surface area contributed by atoms with Crippen LogP contribution in [0.15, 0.2) is 12.1 Å². The Kier molecular flexibility index (Phi) is 5.08. The minimum Gasteiger partial charge on any atom is -0.375 e. The highest BCUT2D eigenvalue weighted by atomic mass is 16.5. The van der Waals surface area contributed by atoms with Crippen LogP contribution in [0.1, 0.15) is 50.0 Å². The van der Waals surface area contributed by atoms with Gasteiger partial charge in [-0.2, -0.15) is 0 Å². The number of hydrogen-bond acceptors (Lipinski definition) is 6. The number of nitrogen functional groups attached to an aromatic ring is 1. The van der Waals surface area contributed by atoms with Gasteiger partial charge < -0.3 is 15.5 Å².